The normalized spacial score (nSPS) is 27.5. The number of carbonyl (C=O) groups excluding carboxylic acids is 1. The van der Waals surface area contributed by atoms with E-state index < -0.39 is 6.10 Å². The van der Waals surface area contributed by atoms with Gasteiger partial charge in [-0.25, -0.2) is 0 Å². The van der Waals surface area contributed by atoms with Crippen molar-refractivity contribution in [3.8, 4) is 0 Å². The molecule has 0 aromatic carbocycles. The number of aliphatic hydroxyl groups excluding tert-OH is 1. The second-order valence-corrected chi connectivity index (χ2v) is 7.05. The van der Waals surface area contributed by atoms with Crippen LogP contribution in [0.15, 0.2) is 4.52 Å². The number of aliphatic hydroxyl groups is 1. The molecular formula is C16H25N3O3. The highest BCUT2D eigenvalue weighted by Crippen LogP contribution is 2.42. The average molecular weight is 307 g/mol. The Kier molecular flexibility index (Phi) is 4.21. The fourth-order valence-corrected chi connectivity index (χ4v) is 3.74. The van der Waals surface area contributed by atoms with Gasteiger partial charge in [0.2, 0.25) is 11.8 Å². The highest BCUT2D eigenvalue weighted by Gasteiger charge is 2.41. The van der Waals surface area contributed by atoms with E-state index in [0.717, 1.165) is 12.8 Å². The van der Waals surface area contributed by atoms with Crippen molar-refractivity contribution >= 4 is 5.91 Å². The van der Waals surface area contributed by atoms with Crippen LogP contribution >= 0.6 is 0 Å². The monoisotopic (exact) mass is 307 g/mol. The van der Waals surface area contributed by atoms with E-state index in [-0.39, 0.29) is 17.4 Å². The number of hydrogen-bond donors (Lipinski definition) is 1. The van der Waals surface area contributed by atoms with Crippen LogP contribution in [0.5, 0.6) is 0 Å². The average Bonchev–Trinajstić information content (AvgIpc) is 3.17. The highest BCUT2D eigenvalue weighted by molar-refractivity contribution is 5.77. The molecule has 22 heavy (non-hydrogen) atoms. The van der Waals surface area contributed by atoms with Gasteiger partial charge >= 0.3 is 0 Å². The van der Waals surface area contributed by atoms with Crippen LogP contribution in [0.3, 0.4) is 0 Å². The minimum absolute atomic E-state index is 0.0993. The molecule has 0 spiro atoms. The van der Waals surface area contributed by atoms with Gasteiger partial charge in [0.05, 0.1) is 6.10 Å². The third kappa shape index (κ3) is 3.02. The summed E-state index contributed by atoms with van der Waals surface area (Å²) < 4.78 is 5.30. The van der Waals surface area contributed by atoms with Gasteiger partial charge in [0.1, 0.15) is 6.04 Å². The molecule has 2 atom stereocenters. The lowest BCUT2D eigenvalue weighted by molar-refractivity contribution is -0.135. The van der Waals surface area contributed by atoms with Crippen molar-refractivity contribution in [1.29, 1.82) is 0 Å². The molecule has 1 aromatic heterocycles. The smallest absolute Gasteiger partial charge is 0.249 e. The van der Waals surface area contributed by atoms with Gasteiger partial charge in [-0.15, -0.1) is 0 Å². The van der Waals surface area contributed by atoms with E-state index in [1.165, 1.54) is 12.8 Å². The molecule has 1 saturated heterocycles. The summed E-state index contributed by atoms with van der Waals surface area (Å²) in [5, 5.41) is 13.9. The third-order valence-corrected chi connectivity index (χ3v) is 5.07. The van der Waals surface area contributed by atoms with Crippen LogP contribution in [0.4, 0.5) is 0 Å². The summed E-state index contributed by atoms with van der Waals surface area (Å²) in [6, 6.07) is -0.277. The van der Waals surface area contributed by atoms with Crippen molar-refractivity contribution in [3.63, 3.8) is 0 Å². The molecule has 2 fully saturated rings. The molecule has 1 saturated carbocycles. The number of amides is 1. The molecular weight excluding hydrogens is 282 g/mol. The lowest BCUT2D eigenvalue weighted by Gasteiger charge is -2.28. The number of rotatable bonds is 4. The van der Waals surface area contributed by atoms with E-state index in [1.54, 1.807) is 4.90 Å². The van der Waals surface area contributed by atoms with Gasteiger partial charge in [0.15, 0.2) is 5.82 Å². The Morgan fingerprint density at radius 2 is 2.18 bits per heavy atom. The first-order valence-corrected chi connectivity index (χ1v) is 8.31. The summed E-state index contributed by atoms with van der Waals surface area (Å²) in [6.45, 7) is 4.52. The maximum absolute atomic E-state index is 12.7. The van der Waals surface area contributed by atoms with E-state index >= 15 is 0 Å². The summed E-state index contributed by atoms with van der Waals surface area (Å²) in [7, 11) is 0. The number of aromatic nitrogens is 2. The zero-order valence-electron chi connectivity index (χ0n) is 13.4. The lowest BCUT2D eigenvalue weighted by Crippen LogP contribution is -2.35. The Hall–Kier alpha value is -1.43. The number of nitrogens with zero attached hydrogens (tertiary/aromatic N) is 3. The number of aryl methyl sites for hydroxylation is 1. The molecule has 1 aromatic rings. The van der Waals surface area contributed by atoms with Crippen LogP contribution in [0, 0.1) is 5.41 Å². The molecule has 6 nitrogen and oxygen atoms in total. The van der Waals surface area contributed by atoms with E-state index in [2.05, 4.69) is 17.1 Å². The largest absolute Gasteiger partial charge is 0.391 e. The Balaban J connectivity index is 1.73. The topological polar surface area (TPSA) is 79.5 Å². The van der Waals surface area contributed by atoms with Gasteiger partial charge in [-0.1, -0.05) is 31.8 Å². The maximum Gasteiger partial charge on any atom is 0.249 e. The minimum Gasteiger partial charge on any atom is -0.391 e. The standard InChI is InChI=1S/C16H25N3O3/c1-3-13-17-15(22-18-13)12-8-11(20)10-19(12)14(21)9-16(2)6-4-5-7-16/h11-12,20H,3-10H2,1-2H3/t11-,12+/m0/s1. The van der Waals surface area contributed by atoms with Crippen molar-refractivity contribution in [3.05, 3.63) is 11.7 Å². The second kappa shape index (κ2) is 5.99. The first-order valence-electron chi connectivity index (χ1n) is 8.31. The fourth-order valence-electron chi connectivity index (χ4n) is 3.74. The van der Waals surface area contributed by atoms with Gasteiger partial charge in [0.25, 0.3) is 0 Å². The van der Waals surface area contributed by atoms with Crippen LogP contribution in [0.1, 0.15) is 70.1 Å². The Labute approximate surface area is 130 Å². The number of likely N-dealkylation sites (tertiary alicyclic amines) is 1. The number of carbonyl (C=O) groups is 1. The zero-order valence-corrected chi connectivity index (χ0v) is 13.4. The Morgan fingerprint density at radius 1 is 1.45 bits per heavy atom. The van der Waals surface area contributed by atoms with E-state index in [9.17, 15) is 9.90 Å². The summed E-state index contributed by atoms with van der Waals surface area (Å²) in [4.78, 5) is 18.8. The number of β-amino-alcohol motifs (C(OH)–C–C–N with tert-alkyl or cyclic N) is 1. The molecule has 3 rings (SSSR count). The molecule has 0 unspecified atom stereocenters. The molecule has 122 valence electrons. The van der Waals surface area contributed by atoms with E-state index in [1.807, 2.05) is 6.92 Å². The summed E-state index contributed by atoms with van der Waals surface area (Å²) in [5.74, 6) is 1.20. The maximum atomic E-state index is 12.7. The third-order valence-electron chi connectivity index (χ3n) is 5.07. The second-order valence-electron chi connectivity index (χ2n) is 7.05. The first kappa shape index (κ1) is 15.5. The molecule has 1 N–H and O–H groups in total. The molecule has 1 amide bonds. The lowest BCUT2D eigenvalue weighted by atomic mass is 9.84. The van der Waals surface area contributed by atoms with Crippen molar-refractivity contribution in [2.24, 2.45) is 5.41 Å². The Morgan fingerprint density at radius 3 is 2.82 bits per heavy atom. The molecule has 1 aliphatic heterocycles. The van der Waals surface area contributed by atoms with Gasteiger partial charge in [-0.2, -0.15) is 4.98 Å². The fraction of sp³-hybridized carbons (Fsp3) is 0.812. The summed E-state index contributed by atoms with van der Waals surface area (Å²) in [5.41, 5.74) is 0.110. The van der Waals surface area contributed by atoms with Gasteiger partial charge in [-0.3, -0.25) is 4.79 Å². The van der Waals surface area contributed by atoms with Crippen LogP contribution in [-0.4, -0.2) is 38.7 Å². The van der Waals surface area contributed by atoms with Crippen LogP contribution in [0.2, 0.25) is 0 Å². The van der Waals surface area contributed by atoms with Gasteiger partial charge < -0.3 is 14.5 Å². The van der Waals surface area contributed by atoms with E-state index in [0.29, 0.717) is 37.5 Å². The van der Waals surface area contributed by atoms with Crippen LogP contribution in [0.25, 0.3) is 0 Å². The van der Waals surface area contributed by atoms with Gasteiger partial charge in [-0.05, 0) is 18.3 Å². The van der Waals surface area contributed by atoms with Crippen molar-refractivity contribution in [2.45, 2.75) is 70.9 Å². The summed E-state index contributed by atoms with van der Waals surface area (Å²) >= 11 is 0. The van der Waals surface area contributed by atoms with Gasteiger partial charge in [0, 0.05) is 25.8 Å². The molecule has 0 bridgehead atoms. The van der Waals surface area contributed by atoms with Crippen LogP contribution in [-0.2, 0) is 11.2 Å². The molecule has 0 radical (unpaired) electrons. The molecule has 6 heteroatoms. The Bertz CT molecular complexity index is 536. The van der Waals surface area contributed by atoms with Crippen LogP contribution < -0.4 is 0 Å². The van der Waals surface area contributed by atoms with Crippen molar-refractivity contribution < 1.29 is 14.4 Å². The molecule has 1 aliphatic carbocycles. The zero-order chi connectivity index (χ0) is 15.7. The van der Waals surface area contributed by atoms with E-state index in [4.69, 9.17) is 4.52 Å². The first-order chi connectivity index (χ1) is 10.5. The highest BCUT2D eigenvalue weighted by atomic mass is 16.5. The molecule has 2 heterocycles. The number of hydrogen-bond acceptors (Lipinski definition) is 5. The minimum atomic E-state index is -0.512. The SMILES string of the molecule is CCc1noc([C@H]2C[C@H](O)CN2C(=O)CC2(C)CCCC2)n1. The molecule has 2 aliphatic rings. The predicted molar refractivity (Wildman–Crippen MR) is 79.9 cm³/mol. The van der Waals surface area contributed by atoms with Crippen molar-refractivity contribution in [1.82, 2.24) is 15.0 Å². The van der Waals surface area contributed by atoms with Crippen molar-refractivity contribution in [2.75, 3.05) is 6.54 Å². The quantitative estimate of drug-likeness (QED) is 0.922. The predicted octanol–water partition coefficient (Wildman–Crippen LogP) is 2.24. The summed E-state index contributed by atoms with van der Waals surface area (Å²) in [6.07, 6.45) is 5.85.